The second-order valence-corrected chi connectivity index (χ2v) is 3.07. The van der Waals surface area contributed by atoms with Crippen LogP contribution >= 0.6 is 12.6 Å². The molecule has 0 radical (unpaired) electrons. The Hall–Kier alpha value is -0.760. The highest BCUT2D eigenvalue weighted by Crippen LogP contribution is 2.05. The molecule has 0 saturated carbocycles. The van der Waals surface area contributed by atoms with Crippen molar-refractivity contribution < 1.29 is 0 Å². The van der Waals surface area contributed by atoms with Gasteiger partial charge in [0.1, 0.15) is 0 Å². The minimum Gasteiger partial charge on any atom is -0.257 e. The van der Waals surface area contributed by atoms with Gasteiger partial charge in [0.15, 0.2) is 0 Å². The molecule has 0 spiro atoms. The number of nitrogens with zero attached hydrogens (tertiary/aromatic N) is 1. The Morgan fingerprint density at radius 1 is 1.58 bits per heavy atom. The van der Waals surface area contributed by atoms with Gasteiger partial charge in [0, 0.05) is 6.20 Å². The predicted molar refractivity (Wildman–Crippen MR) is 56.5 cm³/mol. The summed E-state index contributed by atoms with van der Waals surface area (Å²) < 4.78 is 0. The van der Waals surface area contributed by atoms with Crippen LogP contribution in [0.5, 0.6) is 0 Å². The number of aryl methyl sites for hydroxylation is 1. The first-order valence-corrected chi connectivity index (χ1v) is 4.67. The third-order valence-corrected chi connectivity index (χ3v) is 1.88. The average molecular weight is 179 g/mol. The van der Waals surface area contributed by atoms with Crippen LogP contribution < -0.4 is 0 Å². The molecule has 0 aliphatic carbocycles. The summed E-state index contributed by atoms with van der Waals surface area (Å²) in [5.74, 6) is 0.891. The van der Waals surface area contributed by atoms with E-state index in [0.29, 0.717) is 0 Å². The fourth-order valence-electron chi connectivity index (χ4n) is 0.942. The van der Waals surface area contributed by atoms with Crippen LogP contribution in [0.1, 0.15) is 17.7 Å². The molecule has 1 heterocycles. The SMILES string of the molecule is Cc1cccnc1C=CCCS. The highest BCUT2D eigenvalue weighted by Gasteiger charge is 1.90. The third-order valence-electron chi connectivity index (χ3n) is 1.62. The number of hydrogen-bond donors (Lipinski definition) is 1. The largest absolute Gasteiger partial charge is 0.257 e. The van der Waals surface area contributed by atoms with Crippen molar-refractivity contribution in [3.05, 3.63) is 35.7 Å². The van der Waals surface area contributed by atoms with E-state index in [1.807, 2.05) is 18.3 Å². The summed E-state index contributed by atoms with van der Waals surface area (Å²) in [7, 11) is 0. The lowest BCUT2D eigenvalue weighted by Gasteiger charge is -1.96. The van der Waals surface area contributed by atoms with E-state index < -0.39 is 0 Å². The predicted octanol–water partition coefficient (Wildman–Crippen LogP) is 2.72. The number of pyridine rings is 1. The maximum absolute atomic E-state index is 4.24. The van der Waals surface area contributed by atoms with E-state index in [2.05, 4.69) is 36.7 Å². The molecular weight excluding hydrogens is 166 g/mol. The molecule has 0 amide bonds. The molecule has 2 heteroatoms. The molecule has 0 aliphatic heterocycles. The zero-order valence-corrected chi connectivity index (χ0v) is 8.09. The Morgan fingerprint density at radius 2 is 2.42 bits per heavy atom. The topological polar surface area (TPSA) is 12.9 Å². The first-order chi connectivity index (χ1) is 5.84. The van der Waals surface area contributed by atoms with Gasteiger partial charge in [0.25, 0.3) is 0 Å². The lowest BCUT2D eigenvalue weighted by molar-refractivity contribution is 1.22. The Labute approximate surface area is 78.9 Å². The maximum Gasteiger partial charge on any atom is 0.0655 e. The number of thiol groups is 1. The molecule has 0 N–H and O–H groups in total. The van der Waals surface area contributed by atoms with E-state index in [0.717, 1.165) is 17.9 Å². The first kappa shape index (κ1) is 9.33. The number of allylic oxidation sites excluding steroid dienone is 1. The molecule has 0 aliphatic rings. The number of aromatic nitrogens is 1. The second kappa shape index (κ2) is 4.99. The third kappa shape index (κ3) is 2.70. The zero-order valence-electron chi connectivity index (χ0n) is 7.20. The van der Waals surface area contributed by atoms with Gasteiger partial charge >= 0.3 is 0 Å². The Morgan fingerprint density at radius 3 is 3.08 bits per heavy atom. The van der Waals surface area contributed by atoms with E-state index >= 15 is 0 Å². The van der Waals surface area contributed by atoms with Crippen molar-refractivity contribution in [1.29, 1.82) is 0 Å². The summed E-state index contributed by atoms with van der Waals surface area (Å²) in [6, 6.07) is 4.01. The number of hydrogen-bond acceptors (Lipinski definition) is 2. The minimum absolute atomic E-state index is 0.891. The van der Waals surface area contributed by atoms with Gasteiger partial charge in [-0.05, 0) is 36.8 Å². The van der Waals surface area contributed by atoms with Gasteiger partial charge in [-0.3, -0.25) is 4.98 Å². The van der Waals surface area contributed by atoms with Crippen molar-refractivity contribution in [2.24, 2.45) is 0 Å². The molecule has 12 heavy (non-hydrogen) atoms. The van der Waals surface area contributed by atoms with Crippen LogP contribution in [0.2, 0.25) is 0 Å². The first-order valence-electron chi connectivity index (χ1n) is 4.03. The standard InChI is InChI=1S/C10H13NS/c1-9-5-4-7-11-10(9)6-2-3-8-12/h2,4-7,12H,3,8H2,1H3. The molecule has 1 aromatic rings. The highest BCUT2D eigenvalue weighted by atomic mass is 32.1. The molecular formula is C10H13NS. The highest BCUT2D eigenvalue weighted by molar-refractivity contribution is 7.80. The molecule has 0 aromatic carbocycles. The second-order valence-electron chi connectivity index (χ2n) is 2.62. The molecule has 1 nitrogen and oxygen atoms in total. The maximum atomic E-state index is 4.24. The van der Waals surface area contributed by atoms with Gasteiger partial charge in [-0.15, -0.1) is 0 Å². The summed E-state index contributed by atoms with van der Waals surface area (Å²) in [5.41, 5.74) is 2.27. The van der Waals surface area contributed by atoms with Crippen LogP contribution in [0.4, 0.5) is 0 Å². The summed E-state index contributed by atoms with van der Waals surface area (Å²) in [5, 5.41) is 0. The Kier molecular flexibility index (Phi) is 3.88. The van der Waals surface area contributed by atoms with Crippen molar-refractivity contribution in [1.82, 2.24) is 4.98 Å². The van der Waals surface area contributed by atoms with Crippen LogP contribution in [0.25, 0.3) is 6.08 Å². The van der Waals surface area contributed by atoms with Gasteiger partial charge < -0.3 is 0 Å². The molecule has 0 saturated heterocycles. The van der Waals surface area contributed by atoms with E-state index in [4.69, 9.17) is 0 Å². The molecule has 0 fully saturated rings. The summed E-state index contributed by atoms with van der Waals surface area (Å²) >= 11 is 4.12. The van der Waals surface area contributed by atoms with Gasteiger partial charge in [-0.25, -0.2) is 0 Å². The van der Waals surface area contributed by atoms with Crippen molar-refractivity contribution in [2.45, 2.75) is 13.3 Å². The molecule has 64 valence electrons. The average Bonchev–Trinajstić information content (AvgIpc) is 2.09. The lowest BCUT2D eigenvalue weighted by atomic mass is 10.2. The smallest absolute Gasteiger partial charge is 0.0655 e. The van der Waals surface area contributed by atoms with Gasteiger partial charge in [-0.2, -0.15) is 12.6 Å². The van der Waals surface area contributed by atoms with Crippen LogP contribution in [0.15, 0.2) is 24.4 Å². The van der Waals surface area contributed by atoms with Crippen LogP contribution in [0.3, 0.4) is 0 Å². The lowest BCUT2D eigenvalue weighted by Crippen LogP contribution is -1.83. The van der Waals surface area contributed by atoms with E-state index in [1.54, 1.807) is 0 Å². The van der Waals surface area contributed by atoms with Gasteiger partial charge in [-0.1, -0.05) is 12.1 Å². The summed E-state index contributed by atoms with van der Waals surface area (Å²) in [6.07, 6.45) is 6.96. The van der Waals surface area contributed by atoms with Crippen LogP contribution in [-0.2, 0) is 0 Å². The van der Waals surface area contributed by atoms with Crippen LogP contribution in [0, 0.1) is 6.92 Å². The fourth-order valence-corrected chi connectivity index (χ4v) is 1.09. The van der Waals surface area contributed by atoms with E-state index in [9.17, 15) is 0 Å². The van der Waals surface area contributed by atoms with Crippen molar-refractivity contribution >= 4 is 18.7 Å². The summed E-state index contributed by atoms with van der Waals surface area (Å²) in [4.78, 5) is 4.24. The van der Waals surface area contributed by atoms with Gasteiger partial charge in [0.05, 0.1) is 5.69 Å². The zero-order chi connectivity index (χ0) is 8.81. The molecule has 0 bridgehead atoms. The fraction of sp³-hybridized carbons (Fsp3) is 0.300. The normalized spacial score (nSPS) is 10.8. The van der Waals surface area contributed by atoms with Crippen molar-refractivity contribution in [3.8, 4) is 0 Å². The Bertz CT molecular complexity index is 268. The Balaban J connectivity index is 2.68. The van der Waals surface area contributed by atoms with E-state index in [1.165, 1.54) is 5.56 Å². The van der Waals surface area contributed by atoms with Gasteiger partial charge in [0.2, 0.25) is 0 Å². The molecule has 1 aromatic heterocycles. The quantitative estimate of drug-likeness (QED) is 0.704. The molecule has 0 unspecified atom stereocenters. The summed E-state index contributed by atoms with van der Waals surface area (Å²) in [6.45, 7) is 2.06. The molecule has 0 atom stereocenters. The van der Waals surface area contributed by atoms with Crippen molar-refractivity contribution in [3.63, 3.8) is 0 Å². The van der Waals surface area contributed by atoms with E-state index in [-0.39, 0.29) is 0 Å². The van der Waals surface area contributed by atoms with Crippen LogP contribution in [-0.4, -0.2) is 10.7 Å². The number of rotatable bonds is 3. The molecule has 1 rings (SSSR count). The van der Waals surface area contributed by atoms with Crippen molar-refractivity contribution in [2.75, 3.05) is 5.75 Å². The monoisotopic (exact) mass is 179 g/mol. The minimum atomic E-state index is 0.891.